The van der Waals surface area contributed by atoms with Crippen molar-refractivity contribution in [3.8, 4) is 16.9 Å². The summed E-state index contributed by atoms with van der Waals surface area (Å²) in [5.41, 5.74) is 3.30. The van der Waals surface area contributed by atoms with Crippen molar-refractivity contribution >= 4 is 38.4 Å². The van der Waals surface area contributed by atoms with Crippen LogP contribution < -0.4 is 10.9 Å². The van der Waals surface area contributed by atoms with E-state index in [0.29, 0.717) is 22.7 Å². The fourth-order valence-electron chi connectivity index (χ4n) is 5.81. The van der Waals surface area contributed by atoms with Crippen LogP contribution in [0.25, 0.3) is 32.1 Å². The molecule has 1 aliphatic heterocycles. The van der Waals surface area contributed by atoms with Crippen LogP contribution >= 0.6 is 11.3 Å². The Labute approximate surface area is 226 Å². The summed E-state index contributed by atoms with van der Waals surface area (Å²) in [7, 11) is 0. The Kier molecular flexibility index (Phi) is 7.20. The van der Waals surface area contributed by atoms with Gasteiger partial charge in [0, 0.05) is 41.0 Å². The van der Waals surface area contributed by atoms with Crippen LogP contribution in [0.3, 0.4) is 0 Å². The van der Waals surface area contributed by atoms with E-state index in [1.165, 1.54) is 11.3 Å². The second kappa shape index (κ2) is 10.4. The van der Waals surface area contributed by atoms with E-state index in [-0.39, 0.29) is 22.8 Å². The molecule has 0 bridgehead atoms. The zero-order chi connectivity index (χ0) is 27.0. The van der Waals surface area contributed by atoms with Crippen LogP contribution in [0.5, 0.6) is 5.75 Å². The van der Waals surface area contributed by atoms with Crippen molar-refractivity contribution in [2.75, 3.05) is 13.1 Å². The van der Waals surface area contributed by atoms with Crippen LogP contribution in [0.15, 0.2) is 52.6 Å². The van der Waals surface area contributed by atoms with E-state index >= 15 is 0 Å². The Morgan fingerprint density at radius 1 is 1.16 bits per heavy atom. The first-order valence-electron chi connectivity index (χ1n) is 13.2. The fraction of sp³-hybridized carbons (Fsp3) is 0.400. The fourth-order valence-corrected chi connectivity index (χ4v) is 6.60. The Hall–Kier alpha value is -3.36. The standard InChI is InChI=1S/C30H35N3O4S/c1-30(2,3)24-16-18(11-14-33(24)29(36)37)10-13-31-17-19-4-6-20(7-5-19)25-23(34)9-8-22-26(25)21-12-15-38-27(21)28(35)32-22/h4-9,12,15,18,24,31,34H,10-11,13-14,16-17H2,1-3H3,(H,32,35)(H,36,37). The molecule has 5 rings (SSSR count). The Morgan fingerprint density at radius 3 is 2.63 bits per heavy atom. The molecule has 3 heterocycles. The van der Waals surface area contributed by atoms with Gasteiger partial charge >= 0.3 is 6.09 Å². The van der Waals surface area contributed by atoms with Crippen LogP contribution in [-0.2, 0) is 6.54 Å². The minimum absolute atomic E-state index is 0.0462. The van der Waals surface area contributed by atoms with Gasteiger partial charge in [-0.05, 0) is 71.8 Å². The molecule has 2 unspecified atom stereocenters. The monoisotopic (exact) mass is 533 g/mol. The van der Waals surface area contributed by atoms with Crippen LogP contribution in [-0.4, -0.2) is 45.3 Å². The number of pyridine rings is 1. The highest BCUT2D eigenvalue weighted by Crippen LogP contribution is 2.40. The summed E-state index contributed by atoms with van der Waals surface area (Å²) in [4.78, 5) is 28.7. The number of carboxylic acid groups (broad SMARTS) is 1. The third-order valence-corrected chi connectivity index (χ3v) is 8.74. The van der Waals surface area contributed by atoms with E-state index in [1.54, 1.807) is 17.0 Å². The van der Waals surface area contributed by atoms with Crippen molar-refractivity contribution in [1.29, 1.82) is 0 Å². The third-order valence-electron chi connectivity index (χ3n) is 7.83. The molecule has 0 aliphatic carbocycles. The minimum Gasteiger partial charge on any atom is -0.507 e. The second-order valence-electron chi connectivity index (χ2n) is 11.4. The molecule has 2 aromatic heterocycles. The topological polar surface area (TPSA) is 106 Å². The number of aromatic nitrogens is 1. The maximum absolute atomic E-state index is 12.4. The predicted octanol–water partition coefficient (Wildman–Crippen LogP) is 6.40. The number of rotatable bonds is 6. The van der Waals surface area contributed by atoms with E-state index in [1.807, 2.05) is 23.6 Å². The number of phenols is 1. The van der Waals surface area contributed by atoms with Gasteiger partial charge < -0.3 is 25.4 Å². The number of amides is 1. The lowest BCUT2D eigenvalue weighted by Gasteiger charge is -2.44. The van der Waals surface area contributed by atoms with Gasteiger partial charge in [0.15, 0.2) is 0 Å². The summed E-state index contributed by atoms with van der Waals surface area (Å²) in [6.07, 6.45) is 2.03. The summed E-state index contributed by atoms with van der Waals surface area (Å²) in [5.74, 6) is 0.699. The third kappa shape index (κ3) is 5.15. The Bertz CT molecular complexity index is 1520. The van der Waals surface area contributed by atoms with Gasteiger partial charge in [0.25, 0.3) is 5.56 Å². The average molecular weight is 534 g/mol. The van der Waals surface area contributed by atoms with E-state index in [9.17, 15) is 19.8 Å². The van der Waals surface area contributed by atoms with Gasteiger partial charge in [-0.25, -0.2) is 4.79 Å². The van der Waals surface area contributed by atoms with Crippen molar-refractivity contribution in [2.45, 2.75) is 52.6 Å². The molecule has 0 saturated carbocycles. The molecule has 2 atom stereocenters. The van der Waals surface area contributed by atoms with Crippen molar-refractivity contribution < 1.29 is 15.0 Å². The zero-order valence-electron chi connectivity index (χ0n) is 22.1. The molecule has 1 saturated heterocycles. The number of hydrogen-bond donors (Lipinski definition) is 4. The van der Waals surface area contributed by atoms with E-state index < -0.39 is 6.09 Å². The number of likely N-dealkylation sites (tertiary alicyclic amines) is 1. The first-order chi connectivity index (χ1) is 18.1. The van der Waals surface area contributed by atoms with Gasteiger partial charge in [0.05, 0.1) is 0 Å². The summed E-state index contributed by atoms with van der Waals surface area (Å²) in [6, 6.07) is 13.5. The molecule has 4 N–H and O–H groups in total. The first kappa shape index (κ1) is 26.3. The van der Waals surface area contributed by atoms with Crippen LogP contribution in [0.1, 0.15) is 45.6 Å². The Balaban J connectivity index is 1.24. The van der Waals surface area contributed by atoms with Gasteiger partial charge in [-0.2, -0.15) is 0 Å². The van der Waals surface area contributed by atoms with E-state index in [2.05, 4.69) is 43.2 Å². The van der Waals surface area contributed by atoms with Crippen molar-refractivity contribution in [1.82, 2.24) is 15.2 Å². The number of piperidine rings is 1. The number of nitrogens with one attached hydrogen (secondary N) is 2. The van der Waals surface area contributed by atoms with E-state index in [0.717, 1.165) is 59.8 Å². The molecule has 2 aromatic carbocycles. The lowest BCUT2D eigenvalue weighted by Crippen LogP contribution is -2.51. The number of thiophene rings is 1. The molecular weight excluding hydrogens is 498 g/mol. The van der Waals surface area contributed by atoms with Crippen molar-refractivity contribution in [2.24, 2.45) is 11.3 Å². The van der Waals surface area contributed by atoms with Gasteiger partial charge in [-0.15, -0.1) is 11.3 Å². The molecule has 8 heteroatoms. The molecule has 1 aliphatic rings. The quantitative estimate of drug-likeness (QED) is 0.215. The van der Waals surface area contributed by atoms with Crippen molar-refractivity contribution in [3.05, 3.63) is 63.8 Å². The molecule has 38 heavy (non-hydrogen) atoms. The lowest BCUT2D eigenvalue weighted by molar-refractivity contribution is 0.0391. The summed E-state index contributed by atoms with van der Waals surface area (Å²) >= 11 is 1.40. The normalized spacial score (nSPS) is 18.3. The van der Waals surface area contributed by atoms with E-state index in [4.69, 9.17) is 0 Å². The molecule has 4 aromatic rings. The maximum atomic E-state index is 12.4. The molecule has 1 fully saturated rings. The first-order valence-corrected chi connectivity index (χ1v) is 14.1. The predicted molar refractivity (Wildman–Crippen MR) is 154 cm³/mol. The molecule has 200 valence electrons. The summed E-state index contributed by atoms with van der Waals surface area (Å²) in [6.45, 7) is 8.59. The molecule has 0 radical (unpaired) electrons. The van der Waals surface area contributed by atoms with Crippen molar-refractivity contribution in [3.63, 3.8) is 0 Å². The highest BCUT2D eigenvalue weighted by atomic mass is 32.1. The number of carbonyl (C=O) groups is 1. The van der Waals surface area contributed by atoms with Gasteiger partial charge in [-0.1, -0.05) is 45.0 Å². The number of benzene rings is 2. The number of aromatic amines is 1. The zero-order valence-corrected chi connectivity index (χ0v) is 22.9. The highest BCUT2D eigenvalue weighted by molar-refractivity contribution is 7.17. The lowest BCUT2D eigenvalue weighted by atomic mass is 9.76. The van der Waals surface area contributed by atoms with Crippen LogP contribution in [0.4, 0.5) is 4.79 Å². The number of phenolic OH excluding ortho intramolecular Hbond substituents is 1. The van der Waals surface area contributed by atoms with Gasteiger partial charge in [0.1, 0.15) is 10.4 Å². The minimum atomic E-state index is -0.810. The number of aromatic hydroxyl groups is 1. The molecule has 0 spiro atoms. The molecular formula is C30H35N3O4S. The summed E-state index contributed by atoms with van der Waals surface area (Å²) in [5, 5.41) is 27.5. The second-order valence-corrected chi connectivity index (χ2v) is 12.3. The Morgan fingerprint density at radius 2 is 1.92 bits per heavy atom. The van der Waals surface area contributed by atoms with Gasteiger partial charge in [0.2, 0.25) is 0 Å². The molecule has 7 nitrogen and oxygen atoms in total. The molecule has 1 amide bonds. The number of hydrogen-bond acceptors (Lipinski definition) is 5. The smallest absolute Gasteiger partial charge is 0.407 e. The van der Waals surface area contributed by atoms with Crippen LogP contribution in [0, 0.1) is 11.3 Å². The number of H-pyrrole nitrogens is 1. The maximum Gasteiger partial charge on any atom is 0.407 e. The SMILES string of the molecule is CC(C)(C)C1CC(CCNCc2ccc(-c3c(O)ccc4[nH]c(=O)c5sccc5c34)cc2)CCN1C(=O)O. The highest BCUT2D eigenvalue weighted by Gasteiger charge is 2.38. The van der Waals surface area contributed by atoms with Crippen LogP contribution in [0.2, 0.25) is 0 Å². The largest absolute Gasteiger partial charge is 0.507 e. The number of fused-ring (bicyclic) bond motifs is 3. The number of nitrogens with zero attached hydrogens (tertiary/aromatic N) is 1. The van der Waals surface area contributed by atoms with Gasteiger partial charge in [-0.3, -0.25) is 4.79 Å². The summed E-state index contributed by atoms with van der Waals surface area (Å²) < 4.78 is 0.660. The average Bonchev–Trinajstić information content (AvgIpc) is 3.38.